The maximum atomic E-state index is 12.3. The molecule has 20 heavy (non-hydrogen) atoms. The first-order valence-electron chi connectivity index (χ1n) is 8.33. The molecule has 4 unspecified atom stereocenters. The molecule has 0 spiro atoms. The number of amides is 1. The summed E-state index contributed by atoms with van der Waals surface area (Å²) in [6, 6.07) is 1.81. The number of fused-ring (bicyclic) bond motifs is 2. The number of thioether (sulfide) groups is 1. The summed E-state index contributed by atoms with van der Waals surface area (Å²) in [6.45, 7) is 0. The van der Waals surface area contributed by atoms with Crippen molar-refractivity contribution in [3.8, 4) is 0 Å². The van der Waals surface area contributed by atoms with Crippen LogP contribution in [-0.2, 0) is 4.79 Å². The molecule has 2 aliphatic heterocycles. The molecule has 3 rings (SSSR count). The van der Waals surface area contributed by atoms with Gasteiger partial charge in [0.15, 0.2) is 0 Å². The summed E-state index contributed by atoms with van der Waals surface area (Å²) < 4.78 is 0. The Morgan fingerprint density at radius 2 is 1.85 bits per heavy atom. The highest BCUT2D eigenvalue weighted by Gasteiger charge is 2.34. The van der Waals surface area contributed by atoms with Crippen LogP contribution in [0.2, 0.25) is 0 Å². The van der Waals surface area contributed by atoms with Crippen LogP contribution in [0.3, 0.4) is 0 Å². The minimum Gasteiger partial charge on any atom is -0.352 e. The maximum Gasteiger partial charge on any atom is 0.220 e. The van der Waals surface area contributed by atoms with Crippen molar-refractivity contribution < 1.29 is 4.79 Å². The number of carbonyl (C=O) groups is 1. The Morgan fingerprint density at radius 1 is 1.15 bits per heavy atom. The molecule has 2 saturated heterocycles. The van der Waals surface area contributed by atoms with Gasteiger partial charge < -0.3 is 10.6 Å². The van der Waals surface area contributed by atoms with E-state index in [0.29, 0.717) is 35.2 Å². The van der Waals surface area contributed by atoms with Crippen molar-refractivity contribution in [3.63, 3.8) is 0 Å². The van der Waals surface area contributed by atoms with Crippen molar-refractivity contribution >= 4 is 17.7 Å². The lowest BCUT2D eigenvalue weighted by Gasteiger charge is -2.32. The van der Waals surface area contributed by atoms with Crippen molar-refractivity contribution in [1.82, 2.24) is 10.6 Å². The number of rotatable bonds is 4. The summed E-state index contributed by atoms with van der Waals surface area (Å²) in [5.41, 5.74) is 0. The zero-order valence-electron chi connectivity index (χ0n) is 12.6. The van der Waals surface area contributed by atoms with E-state index in [4.69, 9.17) is 0 Å². The summed E-state index contributed by atoms with van der Waals surface area (Å²) >= 11 is 1.93. The summed E-state index contributed by atoms with van der Waals surface area (Å²) in [5.74, 6) is 0.923. The highest BCUT2D eigenvalue weighted by Crippen LogP contribution is 2.33. The van der Waals surface area contributed by atoms with Crippen LogP contribution in [-0.4, -0.2) is 35.5 Å². The molecule has 3 aliphatic rings. The van der Waals surface area contributed by atoms with Crippen molar-refractivity contribution in [1.29, 1.82) is 0 Å². The molecule has 3 fully saturated rings. The van der Waals surface area contributed by atoms with Crippen LogP contribution in [0.25, 0.3) is 0 Å². The van der Waals surface area contributed by atoms with Gasteiger partial charge in [0.1, 0.15) is 0 Å². The smallest absolute Gasteiger partial charge is 0.220 e. The van der Waals surface area contributed by atoms with E-state index in [1.165, 1.54) is 51.4 Å². The van der Waals surface area contributed by atoms with Crippen LogP contribution in [0.15, 0.2) is 0 Å². The highest BCUT2D eigenvalue weighted by molar-refractivity contribution is 7.99. The number of nitrogens with one attached hydrogen (secondary N) is 2. The predicted molar refractivity (Wildman–Crippen MR) is 85.0 cm³/mol. The van der Waals surface area contributed by atoms with Gasteiger partial charge in [-0.25, -0.2) is 0 Å². The number of hydrogen-bond donors (Lipinski definition) is 2. The molecule has 114 valence electrons. The quantitative estimate of drug-likeness (QED) is 0.838. The Kier molecular flexibility index (Phi) is 4.92. The average Bonchev–Trinajstić information content (AvgIpc) is 2.78. The van der Waals surface area contributed by atoms with Gasteiger partial charge in [-0.2, -0.15) is 11.8 Å². The van der Waals surface area contributed by atoms with Gasteiger partial charge in [0, 0.05) is 29.8 Å². The summed E-state index contributed by atoms with van der Waals surface area (Å²) in [5, 5.41) is 7.63. The van der Waals surface area contributed by atoms with E-state index in [-0.39, 0.29) is 0 Å². The molecule has 2 bridgehead atoms. The van der Waals surface area contributed by atoms with E-state index in [0.717, 1.165) is 6.42 Å². The lowest BCUT2D eigenvalue weighted by atomic mass is 9.89. The lowest BCUT2D eigenvalue weighted by Crippen LogP contribution is -2.45. The van der Waals surface area contributed by atoms with E-state index in [1.807, 2.05) is 11.8 Å². The van der Waals surface area contributed by atoms with Crippen LogP contribution in [0.1, 0.15) is 57.8 Å². The SMILES string of the molecule is CSC1CCCCC1NC(=O)CC1CC2CCC(C1)N2. The van der Waals surface area contributed by atoms with E-state index in [1.54, 1.807) is 0 Å². The molecule has 3 nitrogen and oxygen atoms in total. The molecule has 1 saturated carbocycles. The third kappa shape index (κ3) is 3.51. The van der Waals surface area contributed by atoms with Gasteiger partial charge in [0.05, 0.1) is 0 Å². The number of carbonyl (C=O) groups excluding carboxylic acids is 1. The third-order valence-electron chi connectivity index (χ3n) is 5.40. The van der Waals surface area contributed by atoms with Crippen LogP contribution in [0.4, 0.5) is 0 Å². The molecular weight excluding hydrogens is 268 g/mol. The first kappa shape index (κ1) is 14.7. The minimum atomic E-state index is 0.308. The van der Waals surface area contributed by atoms with E-state index < -0.39 is 0 Å². The van der Waals surface area contributed by atoms with Gasteiger partial charge in [0.2, 0.25) is 5.91 Å². The molecular formula is C16H28N2OS. The Bertz CT molecular complexity index is 337. The Hall–Kier alpha value is -0.220. The molecule has 1 amide bonds. The second-order valence-electron chi connectivity index (χ2n) is 6.91. The highest BCUT2D eigenvalue weighted by atomic mass is 32.2. The fourth-order valence-corrected chi connectivity index (χ4v) is 5.35. The second kappa shape index (κ2) is 6.69. The standard InChI is InChI=1S/C16H28N2OS/c1-20-15-5-3-2-4-14(15)18-16(19)10-11-8-12-6-7-13(9-11)17-12/h11-15,17H,2-10H2,1H3,(H,18,19). The molecule has 0 aromatic heterocycles. The largest absolute Gasteiger partial charge is 0.352 e. The Morgan fingerprint density at radius 3 is 2.55 bits per heavy atom. The van der Waals surface area contributed by atoms with Gasteiger partial charge in [-0.05, 0) is 50.7 Å². The van der Waals surface area contributed by atoms with E-state index >= 15 is 0 Å². The number of hydrogen-bond acceptors (Lipinski definition) is 3. The van der Waals surface area contributed by atoms with Crippen molar-refractivity contribution in [2.24, 2.45) is 5.92 Å². The Balaban J connectivity index is 1.47. The molecule has 2 heterocycles. The van der Waals surface area contributed by atoms with Gasteiger partial charge >= 0.3 is 0 Å². The third-order valence-corrected chi connectivity index (χ3v) is 6.57. The topological polar surface area (TPSA) is 41.1 Å². The molecule has 0 aromatic carbocycles. The molecule has 1 aliphatic carbocycles. The Labute approximate surface area is 127 Å². The normalized spacial score (nSPS) is 40.5. The summed E-state index contributed by atoms with van der Waals surface area (Å²) in [7, 11) is 0. The van der Waals surface area contributed by atoms with Gasteiger partial charge in [-0.3, -0.25) is 4.79 Å². The lowest BCUT2D eigenvalue weighted by molar-refractivity contribution is -0.123. The fourth-order valence-electron chi connectivity index (χ4n) is 4.41. The van der Waals surface area contributed by atoms with Crippen LogP contribution < -0.4 is 10.6 Å². The first-order chi connectivity index (χ1) is 9.74. The van der Waals surface area contributed by atoms with Crippen LogP contribution in [0.5, 0.6) is 0 Å². The van der Waals surface area contributed by atoms with Gasteiger partial charge in [-0.1, -0.05) is 12.8 Å². The first-order valence-corrected chi connectivity index (χ1v) is 9.61. The summed E-state index contributed by atoms with van der Waals surface area (Å²) in [4.78, 5) is 12.3. The molecule has 4 heteroatoms. The molecule has 0 radical (unpaired) electrons. The zero-order chi connectivity index (χ0) is 13.9. The van der Waals surface area contributed by atoms with Crippen molar-refractivity contribution in [2.75, 3.05) is 6.26 Å². The monoisotopic (exact) mass is 296 g/mol. The maximum absolute atomic E-state index is 12.3. The van der Waals surface area contributed by atoms with E-state index in [2.05, 4.69) is 16.9 Å². The molecule has 4 atom stereocenters. The van der Waals surface area contributed by atoms with Gasteiger partial charge in [0.25, 0.3) is 0 Å². The predicted octanol–water partition coefficient (Wildman–Crippen LogP) is 2.70. The minimum absolute atomic E-state index is 0.308. The zero-order valence-corrected chi connectivity index (χ0v) is 13.4. The van der Waals surface area contributed by atoms with Crippen LogP contribution >= 0.6 is 11.8 Å². The number of piperidine rings is 1. The van der Waals surface area contributed by atoms with E-state index in [9.17, 15) is 4.79 Å². The molecule has 0 aromatic rings. The summed E-state index contributed by atoms with van der Waals surface area (Å²) in [6.07, 6.45) is 13.0. The average molecular weight is 296 g/mol. The van der Waals surface area contributed by atoms with Crippen molar-refractivity contribution in [2.45, 2.75) is 81.2 Å². The molecule has 2 N–H and O–H groups in total. The van der Waals surface area contributed by atoms with Crippen LogP contribution in [0, 0.1) is 5.92 Å². The van der Waals surface area contributed by atoms with Gasteiger partial charge in [-0.15, -0.1) is 0 Å². The van der Waals surface area contributed by atoms with Crippen molar-refractivity contribution in [3.05, 3.63) is 0 Å². The fraction of sp³-hybridized carbons (Fsp3) is 0.938. The second-order valence-corrected chi connectivity index (χ2v) is 7.99.